The lowest BCUT2D eigenvalue weighted by atomic mass is 9.98. The molecule has 0 atom stereocenters. The van der Waals surface area contributed by atoms with Crippen LogP contribution in [-0.2, 0) is 17.6 Å². The fourth-order valence-electron chi connectivity index (χ4n) is 1.80. The smallest absolute Gasteiger partial charge is 0.324 e. The van der Waals surface area contributed by atoms with Gasteiger partial charge in [-0.25, -0.2) is 0 Å². The van der Waals surface area contributed by atoms with Gasteiger partial charge >= 0.3 is 5.97 Å². The minimum Gasteiger partial charge on any atom is -0.480 e. The Labute approximate surface area is 89.9 Å². The number of carbonyl (C=O) groups is 1. The fraction of sp³-hybridized carbons (Fsp3) is 0.417. The van der Waals surface area contributed by atoms with Gasteiger partial charge in [0, 0.05) is 12.8 Å². The molecule has 0 amide bonds. The number of carboxylic acid groups (broad SMARTS) is 1. The monoisotopic (exact) mass is 207 g/mol. The highest BCUT2D eigenvalue weighted by Crippen LogP contribution is 2.28. The lowest BCUT2D eigenvalue weighted by Gasteiger charge is -2.16. The van der Waals surface area contributed by atoms with Crippen molar-refractivity contribution in [2.45, 2.75) is 32.2 Å². The summed E-state index contributed by atoms with van der Waals surface area (Å²) in [5, 5.41) is 8.92. The SMILES string of the molecule is CC.NC1(C(=O)O)Cc2ccccc2C1. The van der Waals surface area contributed by atoms with Crippen molar-refractivity contribution in [2.24, 2.45) is 5.73 Å². The van der Waals surface area contributed by atoms with Gasteiger partial charge in [0.25, 0.3) is 0 Å². The van der Waals surface area contributed by atoms with E-state index in [2.05, 4.69) is 0 Å². The van der Waals surface area contributed by atoms with Gasteiger partial charge in [-0.05, 0) is 11.1 Å². The van der Waals surface area contributed by atoms with Gasteiger partial charge in [0.1, 0.15) is 5.54 Å². The van der Waals surface area contributed by atoms with Crippen LogP contribution in [0.3, 0.4) is 0 Å². The van der Waals surface area contributed by atoms with E-state index >= 15 is 0 Å². The van der Waals surface area contributed by atoms with Crippen LogP contribution < -0.4 is 5.73 Å². The standard InChI is InChI=1S/C10H11NO2.C2H6/c11-10(9(12)13)5-7-3-1-2-4-8(7)6-10;1-2/h1-4H,5-6,11H2,(H,12,13);1-2H3. The third-order valence-electron chi connectivity index (χ3n) is 2.56. The average molecular weight is 207 g/mol. The van der Waals surface area contributed by atoms with Crippen LogP contribution in [0.25, 0.3) is 0 Å². The molecule has 0 heterocycles. The van der Waals surface area contributed by atoms with E-state index in [-0.39, 0.29) is 0 Å². The van der Waals surface area contributed by atoms with E-state index < -0.39 is 11.5 Å². The van der Waals surface area contributed by atoms with Crippen LogP contribution in [0.2, 0.25) is 0 Å². The Kier molecular flexibility index (Phi) is 3.48. The molecule has 15 heavy (non-hydrogen) atoms. The van der Waals surface area contributed by atoms with E-state index in [0.29, 0.717) is 12.8 Å². The van der Waals surface area contributed by atoms with E-state index in [1.807, 2.05) is 38.1 Å². The maximum atomic E-state index is 10.9. The van der Waals surface area contributed by atoms with Gasteiger partial charge in [0.2, 0.25) is 0 Å². The summed E-state index contributed by atoms with van der Waals surface area (Å²) in [6, 6.07) is 7.69. The van der Waals surface area contributed by atoms with Crippen molar-refractivity contribution < 1.29 is 9.90 Å². The first kappa shape index (κ1) is 11.7. The van der Waals surface area contributed by atoms with Crippen molar-refractivity contribution in [3.8, 4) is 0 Å². The molecule has 1 aromatic carbocycles. The number of hydrogen-bond acceptors (Lipinski definition) is 2. The summed E-state index contributed by atoms with van der Waals surface area (Å²) in [7, 11) is 0. The van der Waals surface area contributed by atoms with E-state index in [1.54, 1.807) is 0 Å². The van der Waals surface area contributed by atoms with Crippen LogP contribution in [0.5, 0.6) is 0 Å². The molecule has 0 aliphatic heterocycles. The molecule has 3 N–H and O–H groups in total. The molecule has 0 fully saturated rings. The third kappa shape index (κ3) is 2.18. The van der Waals surface area contributed by atoms with Crippen molar-refractivity contribution in [1.82, 2.24) is 0 Å². The molecule has 0 spiro atoms. The van der Waals surface area contributed by atoms with E-state index in [9.17, 15) is 4.79 Å². The summed E-state index contributed by atoms with van der Waals surface area (Å²) in [6.45, 7) is 4.00. The van der Waals surface area contributed by atoms with Gasteiger partial charge in [-0.3, -0.25) is 4.79 Å². The van der Waals surface area contributed by atoms with Gasteiger partial charge in [0.15, 0.2) is 0 Å². The molecule has 3 nitrogen and oxygen atoms in total. The van der Waals surface area contributed by atoms with Gasteiger partial charge in [0.05, 0.1) is 0 Å². The Morgan fingerprint density at radius 3 is 2.00 bits per heavy atom. The van der Waals surface area contributed by atoms with E-state index in [0.717, 1.165) is 11.1 Å². The highest BCUT2D eigenvalue weighted by Gasteiger charge is 2.39. The summed E-state index contributed by atoms with van der Waals surface area (Å²) in [5.74, 6) is -0.913. The summed E-state index contributed by atoms with van der Waals surface area (Å²) in [4.78, 5) is 10.9. The quantitative estimate of drug-likeness (QED) is 0.735. The van der Waals surface area contributed by atoms with Crippen molar-refractivity contribution in [2.75, 3.05) is 0 Å². The van der Waals surface area contributed by atoms with Gasteiger partial charge in [-0.1, -0.05) is 38.1 Å². The maximum Gasteiger partial charge on any atom is 0.324 e. The molecule has 0 saturated heterocycles. The number of rotatable bonds is 1. The molecular formula is C12H17NO2. The first-order chi connectivity index (χ1) is 7.12. The first-order valence-corrected chi connectivity index (χ1v) is 5.21. The first-order valence-electron chi connectivity index (χ1n) is 5.21. The van der Waals surface area contributed by atoms with Crippen LogP contribution in [0, 0.1) is 0 Å². The number of aliphatic carboxylic acids is 1. The summed E-state index contributed by atoms with van der Waals surface area (Å²) >= 11 is 0. The molecule has 1 aliphatic carbocycles. The number of carboxylic acids is 1. The largest absolute Gasteiger partial charge is 0.480 e. The van der Waals surface area contributed by atoms with E-state index in [1.165, 1.54) is 0 Å². The second kappa shape index (κ2) is 4.45. The van der Waals surface area contributed by atoms with Gasteiger partial charge < -0.3 is 10.8 Å². The Morgan fingerprint density at radius 2 is 1.67 bits per heavy atom. The van der Waals surface area contributed by atoms with Crippen molar-refractivity contribution in [1.29, 1.82) is 0 Å². The molecule has 0 aromatic heterocycles. The predicted octanol–water partition coefficient (Wildman–Crippen LogP) is 1.59. The van der Waals surface area contributed by atoms with Crippen molar-refractivity contribution in [3.05, 3.63) is 35.4 Å². The molecule has 2 rings (SSSR count). The summed E-state index contributed by atoms with van der Waals surface area (Å²) in [5.41, 5.74) is 6.80. The summed E-state index contributed by atoms with van der Waals surface area (Å²) < 4.78 is 0. The van der Waals surface area contributed by atoms with E-state index in [4.69, 9.17) is 10.8 Å². The maximum absolute atomic E-state index is 10.9. The number of fused-ring (bicyclic) bond motifs is 1. The predicted molar refractivity (Wildman–Crippen MR) is 59.8 cm³/mol. The van der Waals surface area contributed by atoms with Crippen LogP contribution in [-0.4, -0.2) is 16.6 Å². The van der Waals surface area contributed by atoms with Crippen LogP contribution in [0.1, 0.15) is 25.0 Å². The molecule has 0 bridgehead atoms. The average Bonchev–Trinajstić information content (AvgIpc) is 2.58. The lowest BCUT2D eigenvalue weighted by Crippen LogP contribution is -2.48. The molecule has 1 aromatic rings. The van der Waals surface area contributed by atoms with Gasteiger partial charge in [-0.15, -0.1) is 0 Å². The Morgan fingerprint density at radius 1 is 1.27 bits per heavy atom. The Balaban J connectivity index is 0.000000531. The molecule has 0 radical (unpaired) electrons. The minimum atomic E-state index is -1.08. The zero-order chi connectivity index (χ0) is 11.5. The number of hydrogen-bond donors (Lipinski definition) is 2. The molecule has 3 heteroatoms. The Bertz CT molecular complexity index is 335. The number of nitrogens with two attached hydrogens (primary N) is 1. The zero-order valence-electron chi connectivity index (χ0n) is 9.16. The zero-order valence-corrected chi connectivity index (χ0v) is 9.16. The van der Waals surface area contributed by atoms with Crippen LogP contribution in [0.4, 0.5) is 0 Å². The van der Waals surface area contributed by atoms with Crippen molar-refractivity contribution in [3.63, 3.8) is 0 Å². The number of benzene rings is 1. The van der Waals surface area contributed by atoms with Gasteiger partial charge in [-0.2, -0.15) is 0 Å². The lowest BCUT2D eigenvalue weighted by molar-refractivity contribution is -0.142. The molecule has 82 valence electrons. The second-order valence-corrected chi connectivity index (χ2v) is 3.58. The van der Waals surface area contributed by atoms with Crippen LogP contribution in [0.15, 0.2) is 24.3 Å². The fourth-order valence-corrected chi connectivity index (χ4v) is 1.80. The molecule has 1 aliphatic rings. The van der Waals surface area contributed by atoms with Crippen molar-refractivity contribution >= 4 is 5.97 Å². The third-order valence-corrected chi connectivity index (χ3v) is 2.56. The molecular weight excluding hydrogens is 190 g/mol. The molecule has 0 unspecified atom stereocenters. The minimum absolute atomic E-state index is 0.443. The second-order valence-electron chi connectivity index (χ2n) is 3.58. The topological polar surface area (TPSA) is 63.3 Å². The normalized spacial score (nSPS) is 16.2. The molecule has 0 saturated carbocycles. The highest BCUT2D eigenvalue weighted by atomic mass is 16.4. The van der Waals surface area contributed by atoms with Crippen LogP contribution >= 0.6 is 0 Å². The summed E-state index contributed by atoms with van der Waals surface area (Å²) in [6.07, 6.45) is 0.886. The Hall–Kier alpha value is -1.35. The highest BCUT2D eigenvalue weighted by molar-refractivity contribution is 5.80.